The molecule has 0 aliphatic carbocycles. The Balaban J connectivity index is 3.54. The third kappa shape index (κ3) is 5.16. The molecule has 0 amide bonds. The van der Waals surface area contributed by atoms with Gasteiger partial charge in [0, 0.05) is 28.0 Å². The standard InChI is InChI=1S/C8H17NOS/c1-5-9(4)6-7-11(10)8(2)3/h2,5-7H2,1,3-4H3. The average Bonchev–Trinajstić information content (AvgIpc) is 1.99. The van der Waals surface area contributed by atoms with E-state index in [0.717, 1.165) is 18.0 Å². The normalized spacial score (nSPS) is 13.5. The fourth-order valence-electron chi connectivity index (χ4n) is 0.571. The highest BCUT2D eigenvalue weighted by molar-refractivity contribution is 7.88. The third-order valence-electron chi connectivity index (χ3n) is 1.59. The van der Waals surface area contributed by atoms with Gasteiger partial charge < -0.3 is 4.90 Å². The molecule has 2 nitrogen and oxygen atoms in total. The van der Waals surface area contributed by atoms with Crippen molar-refractivity contribution in [2.24, 2.45) is 0 Å². The van der Waals surface area contributed by atoms with Crippen LogP contribution in [0.2, 0.25) is 0 Å². The van der Waals surface area contributed by atoms with Crippen molar-refractivity contribution in [3.8, 4) is 0 Å². The summed E-state index contributed by atoms with van der Waals surface area (Å²) in [5, 5.41) is 0. The summed E-state index contributed by atoms with van der Waals surface area (Å²) in [4.78, 5) is 2.91. The lowest BCUT2D eigenvalue weighted by Crippen LogP contribution is -2.23. The fourth-order valence-corrected chi connectivity index (χ4v) is 1.40. The molecule has 0 rings (SSSR count). The van der Waals surface area contributed by atoms with Crippen LogP contribution in [0.3, 0.4) is 0 Å². The zero-order valence-corrected chi connectivity index (χ0v) is 8.41. The molecule has 0 aliphatic rings. The van der Waals surface area contributed by atoms with Gasteiger partial charge in [-0.3, -0.25) is 4.21 Å². The molecule has 0 saturated heterocycles. The molecule has 0 aromatic carbocycles. The lowest BCUT2D eigenvalue weighted by atomic mass is 10.6. The van der Waals surface area contributed by atoms with E-state index in [1.54, 1.807) is 0 Å². The first-order chi connectivity index (χ1) is 5.07. The number of hydrogen-bond donors (Lipinski definition) is 0. The van der Waals surface area contributed by atoms with Gasteiger partial charge >= 0.3 is 0 Å². The lowest BCUT2D eigenvalue weighted by Gasteiger charge is -2.12. The fraction of sp³-hybridized carbons (Fsp3) is 0.750. The Kier molecular flexibility index (Phi) is 5.42. The van der Waals surface area contributed by atoms with E-state index in [0.29, 0.717) is 5.75 Å². The summed E-state index contributed by atoms with van der Waals surface area (Å²) in [5.74, 6) is 0.708. The van der Waals surface area contributed by atoms with Gasteiger partial charge in [-0.05, 0) is 20.5 Å². The molecule has 0 fully saturated rings. The smallest absolute Gasteiger partial charge is 0.0492 e. The van der Waals surface area contributed by atoms with Gasteiger partial charge in [0.2, 0.25) is 0 Å². The molecule has 1 unspecified atom stereocenters. The van der Waals surface area contributed by atoms with Gasteiger partial charge in [-0.25, -0.2) is 0 Å². The molecule has 0 N–H and O–H groups in total. The summed E-state index contributed by atoms with van der Waals surface area (Å²) in [5.41, 5.74) is 0. The first-order valence-corrected chi connectivity index (χ1v) is 5.12. The van der Waals surface area contributed by atoms with Crippen molar-refractivity contribution >= 4 is 10.8 Å². The topological polar surface area (TPSA) is 20.3 Å². The number of rotatable bonds is 5. The van der Waals surface area contributed by atoms with Gasteiger partial charge in [0.1, 0.15) is 0 Å². The van der Waals surface area contributed by atoms with Gasteiger partial charge in [-0.2, -0.15) is 0 Å². The summed E-state index contributed by atoms with van der Waals surface area (Å²) in [6, 6.07) is 0. The molecule has 0 aliphatic heterocycles. The summed E-state index contributed by atoms with van der Waals surface area (Å²) in [7, 11) is 1.19. The third-order valence-corrected chi connectivity index (χ3v) is 2.92. The lowest BCUT2D eigenvalue weighted by molar-refractivity contribution is 0.375. The average molecular weight is 175 g/mol. The molecule has 1 atom stereocenters. The summed E-state index contributed by atoms with van der Waals surface area (Å²) in [6.07, 6.45) is 0. The van der Waals surface area contributed by atoms with E-state index in [9.17, 15) is 4.21 Å². The second kappa shape index (κ2) is 5.49. The maximum Gasteiger partial charge on any atom is 0.0492 e. The van der Waals surface area contributed by atoms with Gasteiger partial charge in [0.25, 0.3) is 0 Å². The van der Waals surface area contributed by atoms with Crippen molar-refractivity contribution in [1.82, 2.24) is 4.90 Å². The SMILES string of the molecule is C=C(C)S(=O)CCN(C)CC. The highest BCUT2D eigenvalue weighted by Crippen LogP contribution is 1.96. The van der Waals surface area contributed by atoms with E-state index in [-0.39, 0.29) is 0 Å². The second-order valence-electron chi connectivity index (χ2n) is 2.65. The number of hydrogen-bond acceptors (Lipinski definition) is 2. The van der Waals surface area contributed by atoms with Gasteiger partial charge in [-0.15, -0.1) is 0 Å². The van der Waals surface area contributed by atoms with Crippen LogP contribution in [0.4, 0.5) is 0 Å². The maximum absolute atomic E-state index is 11.1. The van der Waals surface area contributed by atoms with Gasteiger partial charge in [-0.1, -0.05) is 13.5 Å². The molecule has 0 spiro atoms. The minimum Gasteiger partial charge on any atom is -0.306 e. The van der Waals surface area contributed by atoms with Crippen LogP contribution in [0, 0.1) is 0 Å². The molecule has 66 valence electrons. The van der Waals surface area contributed by atoms with E-state index in [1.165, 1.54) is 0 Å². The minimum atomic E-state index is -0.830. The van der Waals surface area contributed by atoms with Crippen LogP contribution >= 0.6 is 0 Å². The predicted octanol–water partition coefficient (Wildman–Crippen LogP) is 1.22. The quantitative estimate of drug-likeness (QED) is 0.626. The van der Waals surface area contributed by atoms with E-state index >= 15 is 0 Å². The molecule has 0 aromatic rings. The molecule has 0 heterocycles. The molecule has 0 saturated carbocycles. The van der Waals surface area contributed by atoms with Crippen LogP contribution in [-0.4, -0.2) is 35.0 Å². The molecule has 3 heteroatoms. The van der Waals surface area contributed by atoms with Crippen LogP contribution in [0.25, 0.3) is 0 Å². The zero-order valence-electron chi connectivity index (χ0n) is 7.59. The van der Waals surface area contributed by atoms with Crippen LogP contribution in [0.1, 0.15) is 13.8 Å². The van der Waals surface area contributed by atoms with Gasteiger partial charge in [0.05, 0.1) is 0 Å². The van der Waals surface area contributed by atoms with Crippen LogP contribution in [-0.2, 0) is 10.8 Å². The molecular formula is C8H17NOS. The minimum absolute atomic E-state index is 0.708. The summed E-state index contributed by atoms with van der Waals surface area (Å²) >= 11 is 0. The first kappa shape index (κ1) is 10.8. The Bertz CT molecular complexity index is 156. The van der Waals surface area contributed by atoms with Crippen molar-refractivity contribution in [1.29, 1.82) is 0 Å². The van der Waals surface area contributed by atoms with Crippen LogP contribution in [0.5, 0.6) is 0 Å². The number of allylic oxidation sites excluding steroid dienone is 1. The van der Waals surface area contributed by atoms with Crippen molar-refractivity contribution < 1.29 is 4.21 Å². The van der Waals surface area contributed by atoms with Gasteiger partial charge in [0.15, 0.2) is 0 Å². The molecule has 0 aromatic heterocycles. The molecule has 11 heavy (non-hydrogen) atoms. The Hall–Kier alpha value is -0.150. The largest absolute Gasteiger partial charge is 0.306 e. The Labute approximate surface area is 71.7 Å². The van der Waals surface area contributed by atoms with Crippen molar-refractivity contribution in [3.63, 3.8) is 0 Å². The van der Waals surface area contributed by atoms with E-state index in [2.05, 4.69) is 18.4 Å². The molecular weight excluding hydrogens is 158 g/mol. The Morgan fingerprint density at radius 3 is 2.55 bits per heavy atom. The zero-order chi connectivity index (χ0) is 8.85. The highest BCUT2D eigenvalue weighted by Gasteiger charge is 2.01. The Morgan fingerprint density at radius 1 is 1.64 bits per heavy atom. The van der Waals surface area contributed by atoms with Crippen molar-refractivity contribution in [3.05, 3.63) is 11.5 Å². The highest BCUT2D eigenvalue weighted by atomic mass is 32.2. The molecule has 0 radical (unpaired) electrons. The second-order valence-corrected chi connectivity index (χ2v) is 4.44. The van der Waals surface area contributed by atoms with E-state index in [1.807, 2.05) is 14.0 Å². The molecule has 0 bridgehead atoms. The van der Waals surface area contributed by atoms with Crippen LogP contribution < -0.4 is 0 Å². The van der Waals surface area contributed by atoms with Crippen molar-refractivity contribution in [2.75, 3.05) is 25.9 Å². The summed E-state index contributed by atoms with van der Waals surface area (Å²) < 4.78 is 11.1. The van der Waals surface area contributed by atoms with E-state index < -0.39 is 10.8 Å². The maximum atomic E-state index is 11.1. The monoisotopic (exact) mass is 175 g/mol. The van der Waals surface area contributed by atoms with Crippen molar-refractivity contribution in [2.45, 2.75) is 13.8 Å². The number of nitrogens with zero attached hydrogens (tertiary/aromatic N) is 1. The first-order valence-electron chi connectivity index (χ1n) is 3.80. The predicted molar refractivity (Wildman–Crippen MR) is 51.0 cm³/mol. The van der Waals surface area contributed by atoms with E-state index in [4.69, 9.17) is 0 Å². The summed E-state index contributed by atoms with van der Waals surface area (Å²) in [6.45, 7) is 9.43. The van der Waals surface area contributed by atoms with Crippen LogP contribution in [0.15, 0.2) is 11.5 Å². The Morgan fingerprint density at radius 2 is 2.18 bits per heavy atom.